The number of nitriles is 1. The molecule has 0 aliphatic carbocycles. The van der Waals surface area contributed by atoms with Gasteiger partial charge in [-0.05, 0) is 42.5 Å². The van der Waals surface area contributed by atoms with Gasteiger partial charge < -0.3 is 10.1 Å². The number of amides is 1. The number of carbonyl (C=O) groups is 1. The lowest BCUT2D eigenvalue weighted by molar-refractivity contribution is 0.0950. The third kappa shape index (κ3) is 4.95. The van der Waals surface area contributed by atoms with Crippen LogP contribution in [0.4, 0.5) is 0 Å². The lowest BCUT2D eigenvalue weighted by Gasteiger charge is -2.10. The molecule has 1 heterocycles. The number of benzene rings is 2. The molecule has 6 nitrogen and oxygen atoms in total. The van der Waals surface area contributed by atoms with Crippen molar-refractivity contribution in [3.8, 4) is 17.6 Å². The van der Waals surface area contributed by atoms with Gasteiger partial charge in [-0.25, -0.2) is 0 Å². The average molecular weight is 527 g/mol. The Morgan fingerprint density at radius 2 is 1.89 bits per heavy atom. The first-order valence-electron chi connectivity index (χ1n) is 8.04. The van der Waals surface area contributed by atoms with Gasteiger partial charge in [0.2, 0.25) is 0 Å². The first-order chi connectivity index (χ1) is 13.5. The van der Waals surface area contributed by atoms with Crippen molar-refractivity contribution in [2.45, 2.75) is 11.0 Å². The molecule has 9 heteroatoms. The summed E-state index contributed by atoms with van der Waals surface area (Å²) in [5.74, 6) is 0.726. The van der Waals surface area contributed by atoms with E-state index in [4.69, 9.17) is 33.2 Å². The number of hydrogen-bond acceptors (Lipinski definition) is 4. The highest BCUT2D eigenvalue weighted by Gasteiger charge is 2.17. The lowest BCUT2D eigenvalue weighted by Crippen LogP contribution is -2.23. The Hall–Kier alpha value is -2.28. The van der Waals surface area contributed by atoms with Crippen LogP contribution in [0.1, 0.15) is 27.3 Å². The monoisotopic (exact) mass is 526 g/mol. The van der Waals surface area contributed by atoms with Crippen LogP contribution in [0.5, 0.6) is 11.5 Å². The molecule has 0 spiro atoms. The molecule has 0 aliphatic heterocycles. The molecule has 0 radical (unpaired) electrons. The van der Waals surface area contributed by atoms with Crippen molar-refractivity contribution in [1.82, 2.24) is 15.5 Å². The van der Waals surface area contributed by atoms with Crippen LogP contribution in [0, 0.1) is 11.3 Å². The number of alkyl halides is 1. The number of carbonyl (C=O) groups excluding carboxylic acids is 1. The zero-order valence-electron chi connectivity index (χ0n) is 14.3. The van der Waals surface area contributed by atoms with Crippen molar-refractivity contribution in [3.63, 3.8) is 0 Å². The highest BCUT2D eigenvalue weighted by atomic mass is 127. The van der Waals surface area contributed by atoms with Crippen molar-refractivity contribution in [1.29, 1.82) is 5.26 Å². The molecule has 1 aromatic heterocycles. The Morgan fingerprint density at radius 3 is 2.50 bits per heavy atom. The molecule has 0 atom stereocenters. The van der Waals surface area contributed by atoms with E-state index >= 15 is 0 Å². The smallest absolute Gasteiger partial charge is 0.251 e. The second-order valence-electron chi connectivity index (χ2n) is 5.69. The van der Waals surface area contributed by atoms with E-state index in [0.29, 0.717) is 48.5 Å². The summed E-state index contributed by atoms with van der Waals surface area (Å²) in [7, 11) is 0. The zero-order valence-corrected chi connectivity index (χ0v) is 18.0. The predicted octanol–water partition coefficient (Wildman–Crippen LogP) is 5.25. The van der Waals surface area contributed by atoms with Crippen molar-refractivity contribution in [2.24, 2.45) is 0 Å². The predicted molar refractivity (Wildman–Crippen MR) is 115 cm³/mol. The number of hydrogen-bond donors (Lipinski definition) is 2. The molecule has 3 rings (SSSR count). The molecule has 0 aliphatic rings. The quantitative estimate of drug-likeness (QED) is 0.339. The zero-order chi connectivity index (χ0) is 20.1. The summed E-state index contributed by atoms with van der Waals surface area (Å²) in [5.41, 5.74) is 2.27. The minimum atomic E-state index is -0.271. The molecular weight excluding hydrogens is 514 g/mol. The van der Waals surface area contributed by atoms with Crippen LogP contribution in [0.15, 0.2) is 42.5 Å². The van der Waals surface area contributed by atoms with Crippen LogP contribution in [-0.2, 0) is 11.0 Å². The third-order valence-electron chi connectivity index (χ3n) is 3.75. The number of aromatic amines is 1. The fourth-order valence-corrected chi connectivity index (χ4v) is 3.44. The normalized spacial score (nSPS) is 10.4. The molecular formula is C19H13Cl2IN4O2. The van der Waals surface area contributed by atoms with Gasteiger partial charge in [0, 0.05) is 20.0 Å². The van der Waals surface area contributed by atoms with Crippen molar-refractivity contribution >= 4 is 51.7 Å². The number of rotatable bonds is 6. The van der Waals surface area contributed by atoms with Crippen molar-refractivity contribution < 1.29 is 9.53 Å². The molecule has 0 fully saturated rings. The Kier molecular flexibility index (Phi) is 6.78. The number of halogens is 3. The maximum atomic E-state index is 12.3. The van der Waals surface area contributed by atoms with Crippen LogP contribution in [0.2, 0.25) is 10.0 Å². The van der Waals surface area contributed by atoms with Gasteiger partial charge in [-0.15, -0.1) is 0 Å². The largest absolute Gasteiger partial charge is 0.453 e. The molecule has 3 aromatic rings. The van der Waals surface area contributed by atoms with E-state index in [1.165, 1.54) is 0 Å². The SMILES string of the molecule is N#Cc1ccc(C(=O)NCc2[nH]nc(CI)c2Oc2cc(Cl)cc(Cl)c2)cc1. The van der Waals surface area contributed by atoms with Gasteiger partial charge in [0.15, 0.2) is 5.75 Å². The van der Waals surface area contributed by atoms with E-state index in [0.717, 1.165) is 0 Å². The summed E-state index contributed by atoms with van der Waals surface area (Å²) in [6.45, 7) is 0.187. The standard InChI is InChI=1S/C19H13Cl2IN4O2/c20-13-5-14(21)7-15(6-13)28-18-16(8-22)25-26-17(18)10-24-19(27)12-3-1-11(9-23)2-4-12/h1-7H,8,10H2,(H,24,27)(H,25,26). The molecule has 2 aromatic carbocycles. The summed E-state index contributed by atoms with van der Waals surface area (Å²) < 4.78 is 6.56. The fourth-order valence-electron chi connectivity index (χ4n) is 2.41. The highest BCUT2D eigenvalue weighted by Crippen LogP contribution is 2.32. The second kappa shape index (κ2) is 9.28. The van der Waals surface area contributed by atoms with Gasteiger partial charge in [-0.1, -0.05) is 45.8 Å². The van der Waals surface area contributed by atoms with Gasteiger partial charge in [-0.2, -0.15) is 10.4 Å². The molecule has 142 valence electrons. The number of aromatic nitrogens is 2. The Labute approximate surface area is 184 Å². The van der Waals surface area contributed by atoms with Crippen molar-refractivity contribution in [3.05, 3.63) is 75.0 Å². The van der Waals surface area contributed by atoms with Gasteiger partial charge in [0.1, 0.15) is 11.4 Å². The van der Waals surface area contributed by atoms with Crippen LogP contribution in [0.3, 0.4) is 0 Å². The number of H-pyrrole nitrogens is 1. The first kappa shape index (κ1) is 20.5. The lowest BCUT2D eigenvalue weighted by atomic mass is 10.1. The molecule has 0 unspecified atom stereocenters. The summed E-state index contributed by atoms with van der Waals surface area (Å²) in [4.78, 5) is 12.3. The summed E-state index contributed by atoms with van der Waals surface area (Å²) >= 11 is 14.2. The van der Waals surface area contributed by atoms with Gasteiger partial charge in [0.25, 0.3) is 5.91 Å². The molecule has 0 bridgehead atoms. The second-order valence-corrected chi connectivity index (χ2v) is 7.33. The van der Waals surface area contributed by atoms with E-state index in [9.17, 15) is 4.79 Å². The maximum absolute atomic E-state index is 12.3. The minimum Gasteiger partial charge on any atom is -0.453 e. The molecule has 1 amide bonds. The Morgan fingerprint density at radius 1 is 1.21 bits per heavy atom. The van der Waals surface area contributed by atoms with Gasteiger partial charge in [0.05, 0.1) is 23.9 Å². The third-order valence-corrected chi connectivity index (χ3v) is 4.91. The molecule has 2 N–H and O–H groups in total. The van der Waals surface area contributed by atoms with E-state index in [-0.39, 0.29) is 12.5 Å². The number of nitrogens with zero attached hydrogens (tertiary/aromatic N) is 2. The number of ether oxygens (including phenoxy) is 1. The summed E-state index contributed by atoms with van der Waals surface area (Å²) in [6.07, 6.45) is 0. The number of nitrogens with one attached hydrogen (secondary N) is 2. The highest BCUT2D eigenvalue weighted by molar-refractivity contribution is 14.1. The Bertz CT molecular complexity index is 1020. The van der Waals surface area contributed by atoms with E-state index in [1.807, 2.05) is 6.07 Å². The van der Waals surface area contributed by atoms with Gasteiger partial charge >= 0.3 is 0 Å². The van der Waals surface area contributed by atoms with E-state index in [1.54, 1.807) is 42.5 Å². The van der Waals surface area contributed by atoms with Crippen molar-refractivity contribution in [2.75, 3.05) is 0 Å². The molecule has 28 heavy (non-hydrogen) atoms. The van der Waals surface area contributed by atoms with Crippen LogP contribution in [0.25, 0.3) is 0 Å². The van der Waals surface area contributed by atoms with Crippen LogP contribution < -0.4 is 10.1 Å². The van der Waals surface area contributed by atoms with Gasteiger partial charge in [-0.3, -0.25) is 9.89 Å². The minimum absolute atomic E-state index is 0.187. The topological polar surface area (TPSA) is 90.8 Å². The van der Waals surface area contributed by atoms with Crippen LogP contribution >= 0.6 is 45.8 Å². The molecule has 0 saturated carbocycles. The van der Waals surface area contributed by atoms with Crippen LogP contribution in [-0.4, -0.2) is 16.1 Å². The summed E-state index contributed by atoms with van der Waals surface area (Å²) in [6, 6.07) is 13.3. The molecule has 0 saturated heterocycles. The average Bonchev–Trinajstić information content (AvgIpc) is 3.07. The summed E-state index contributed by atoms with van der Waals surface area (Å²) in [5, 5.41) is 19.7. The maximum Gasteiger partial charge on any atom is 0.251 e. The van der Waals surface area contributed by atoms with E-state index in [2.05, 4.69) is 38.1 Å². The first-order valence-corrected chi connectivity index (χ1v) is 10.3. The van der Waals surface area contributed by atoms with E-state index < -0.39 is 0 Å². The fraction of sp³-hybridized carbons (Fsp3) is 0.105. The Balaban J connectivity index is 1.76.